The molecule has 0 radical (unpaired) electrons. The van der Waals surface area contributed by atoms with Gasteiger partial charge in [0.15, 0.2) is 0 Å². The van der Waals surface area contributed by atoms with E-state index < -0.39 is 8.32 Å². The first-order valence-corrected chi connectivity index (χ1v) is 13.7. The van der Waals surface area contributed by atoms with Gasteiger partial charge in [-0.3, -0.25) is 4.79 Å². The molecule has 1 heterocycles. The maximum Gasteiger partial charge on any atom is 0.288 e. The van der Waals surface area contributed by atoms with Gasteiger partial charge in [0.2, 0.25) is 5.91 Å². The molecule has 0 N–H and O–H groups in total. The van der Waals surface area contributed by atoms with Crippen LogP contribution in [0.3, 0.4) is 0 Å². The normalized spacial score (nSPS) is 18.2. The summed E-state index contributed by atoms with van der Waals surface area (Å²) in [5, 5.41) is 3.73. The fraction of sp³-hybridized carbons (Fsp3) is 0.345. The number of amides is 1. The molecule has 3 nitrogen and oxygen atoms in total. The molecule has 0 bridgehead atoms. The number of carbonyl (C=O) groups is 1. The molecule has 4 heteroatoms. The van der Waals surface area contributed by atoms with Crippen LogP contribution >= 0.6 is 0 Å². The lowest BCUT2D eigenvalue weighted by atomic mass is 9.78. The summed E-state index contributed by atoms with van der Waals surface area (Å²) < 4.78 is 7.44. The first kappa shape index (κ1) is 23.5. The van der Waals surface area contributed by atoms with Crippen LogP contribution in [0.15, 0.2) is 91.0 Å². The number of rotatable bonds is 5. The summed E-state index contributed by atoms with van der Waals surface area (Å²) >= 11 is 0. The monoisotopic (exact) mass is 457 g/mol. The molecule has 1 aliphatic rings. The molecule has 172 valence electrons. The summed E-state index contributed by atoms with van der Waals surface area (Å²) in [4.78, 5) is 14.6. The predicted molar refractivity (Wildman–Crippen MR) is 139 cm³/mol. The number of hydrogen-bond acceptors (Lipinski definition) is 2. The smallest absolute Gasteiger partial charge is 0.288 e. The first-order chi connectivity index (χ1) is 15.7. The number of nitrogens with zero attached hydrogens (tertiary/aromatic N) is 1. The minimum atomic E-state index is -2.79. The highest BCUT2D eigenvalue weighted by Gasteiger charge is 2.51. The van der Waals surface area contributed by atoms with E-state index in [1.165, 1.54) is 15.6 Å². The van der Waals surface area contributed by atoms with E-state index in [4.69, 9.17) is 4.43 Å². The van der Waals surface area contributed by atoms with Crippen LogP contribution in [0.5, 0.6) is 0 Å². The van der Waals surface area contributed by atoms with E-state index in [0.717, 1.165) is 12.8 Å². The predicted octanol–water partition coefficient (Wildman–Crippen LogP) is 4.24. The molecule has 4 rings (SSSR count). The summed E-state index contributed by atoms with van der Waals surface area (Å²) in [5.41, 5.74) is -0.578. The topological polar surface area (TPSA) is 29.5 Å². The van der Waals surface area contributed by atoms with Gasteiger partial charge in [-0.05, 0) is 56.1 Å². The van der Waals surface area contributed by atoms with Gasteiger partial charge in [-0.25, -0.2) is 0 Å². The average Bonchev–Trinajstić information content (AvgIpc) is 2.77. The van der Waals surface area contributed by atoms with E-state index in [1.54, 1.807) is 6.92 Å². The largest absolute Gasteiger partial charge is 0.401 e. The van der Waals surface area contributed by atoms with Crippen molar-refractivity contribution in [2.75, 3.05) is 0 Å². The van der Waals surface area contributed by atoms with Crippen LogP contribution in [0.2, 0.25) is 0 Å². The van der Waals surface area contributed by atoms with E-state index in [1.807, 2.05) is 0 Å². The third kappa shape index (κ3) is 4.42. The highest BCUT2D eigenvalue weighted by Crippen LogP contribution is 2.40. The minimum Gasteiger partial charge on any atom is -0.401 e. The van der Waals surface area contributed by atoms with Gasteiger partial charge in [-0.1, -0.05) is 91.0 Å². The Morgan fingerprint density at radius 2 is 1.06 bits per heavy atom. The van der Waals surface area contributed by atoms with Gasteiger partial charge in [0.25, 0.3) is 8.32 Å². The third-order valence-electron chi connectivity index (χ3n) is 6.86. The number of likely N-dealkylation sites (tertiary alicyclic amines) is 1. The first-order valence-electron chi connectivity index (χ1n) is 11.8. The quantitative estimate of drug-likeness (QED) is 0.424. The number of piperidine rings is 1. The molecule has 1 aliphatic heterocycles. The lowest BCUT2D eigenvalue weighted by Crippen LogP contribution is -2.72. The molecule has 3 aromatic rings. The molecular weight excluding hydrogens is 422 g/mol. The molecule has 1 fully saturated rings. The van der Waals surface area contributed by atoms with Crippen molar-refractivity contribution >= 4 is 29.8 Å². The number of carbonyl (C=O) groups excluding carboxylic acids is 1. The van der Waals surface area contributed by atoms with Crippen molar-refractivity contribution in [2.24, 2.45) is 0 Å². The maximum absolute atomic E-state index is 12.6. The van der Waals surface area contributed by atoms with Crippen molar-refractivity contribution < 1.29 is 9.22 Å². The Hall–Kier alpha value is -2.69. The van der Waals surface area contributed by atoms with E-state index >= 15 is 0 Å². The van der Waals surface area contributed by atoms with Crippen LogP contribution in [-0.2, 0) is 9.22 Å². The van der Waals surface area contributed by atoms with Gasteiger partial charge in [0, 0.05) is 18.0 Å². The van der Waals surface area contributed by atoms with Crippen LogP contribution in [0, 0.1) is 0 Å². The van der Waals surface area contributed by atoms with E-state index in [9.17, 15) is 4.79 Å². The Bertz CT molecular complexity index is 966. The Morgan fingerprint density at radius 1 is 0.727 bits per heavy atom. The van der Waals surface area contributed by atoms with Gasteiger partial charge in [-0.2, -0.15) is 0 Å². The highest BCUT2D eigenvalue weighted by atomic mass is 28.4. The van der Waals surface area contributed by atoms with Gasteiger partial charge in [0.05, 0.1) is 6.10 Å². The van der Waals surface area contributed by atoms with Crippen LogP contribution in [0.1, 0.15) is 47.5 Å². The number of hydrogen-bond donors (Lipinski definition) is 0. The van der Waals surface area contributed by atoms with E-state index in [0.29, 0.717) is 0 Å². The maximum atomic E-state index is 12.6. The van der Waals surface area contributed by atoms with Gasteiger partial charge in [-0.15, -0.1) is 0 Å². The summed E-state index contributed by atoms with van der Waals surface area (Å²) in [6.45, 7) is 10.4. The Labute approximate surface area is 199 Å². The van der Waals surface area contributed by atoms with Crippen LogP contribution in [-0.4, -0.2) is 36.3 Å². The van der Waals surface area contributed by atoms with Crippen molar-refractivity contribution in [3.05, 3.63) is 91.0 Å². The van der Waals surface area contributed by atoms with Crippen molar-refractivity contribution in [3.8, 4) is 0 Å². The Balaban J connectivity index is 1.87. The van der Waals surface area contributed by atoms with Gasteiger partial charge >= 0.3 is 0 Å². The standard InChI is InChI=1S/C29H35NO2Si/c1-23(31)30-28(2,3)21-24(22-29(30,4)5)32-33(25-15-9-6-10-16-25,26-17-11-7-12-18-26)27-19-13-8-14-20-27/h6-20,24H,21-22H2,1-5H3. The molecule has 0 unspecified atom stereocenters. The third-order valence-corrected chi connectivity index (χ3v) is 11.0. The van der Waals surface area contributed by atoms with Crippen LogP contribution < -0.4 is 15.6 Å². The van der Waals surface area contributed by atoms with Crippen molar-refractivity contribution in [2.45, 2.75) is 64.6 Å². The second-order valence-corrected chi connectivity index (χ2v) is 13.7. The lowest BCUT2D eigenvalue weighted by molar-refractivity contribution is -0.151. The molecule has 0 aromatic heterocycles. The molecule has 0 atom stereocenters. The van der Waals surface area contributed by atoms with E-state index in [-0.39, 0.29) is 23.1 Å². The zero-order valence-corrected chi connectivity index (χ0v) is 21.4. The van der Waals surface area contributed by atoms with Crippen molar-refractivity contribution in [1.29, 1.82) is 0 Å². The molecule has 33 heavy (non-hydrogen) atoms. The van der Waals surface area contributed by atoms with E-state index in [2.05, 4.69) is 124 Å². The molecule has 0 saturated carbocycles. The number of benzene rings is 3. The molecule has 1 amide bonds. The molecular formula is C29H35NO2Si. The molecule has 1 saturated heterocycles. The second kappa shape index (κ2) is 8.92. The summed E-state index contributed by atoms with van der Waals surface area (Å²) in [6.07, 6.45) is 1.63. The summed E-state index contributed by atoms with van der Waals surface area (Å²) in [7, 11) is -2.79. The molecule has 3 aromatic carbocycles. The summed E-state index contributed by atoms with van der Waals surface area (Å²) in [5.74, 6) is 0.126. The lowest BCUT2D eigenvalue weighted by Gasteiger charge is -2.56. The minimum absolute atomic E-state index is 0.0258. The molecule has 0 aliphatic carbocycles. The summed E-state index contributed by atoms with van der Waals surface area (Å²) in [6, 6.07) is 32.1. The average molecular weight is 458 g/mol. The second-order valence-electron chi connectivity index (χ2n) is 10.4. The van der Waals surface area contributed by atoms with Crippen LogP contribution in [0.4, 0.5) is 0 Å². The Morgan fingerprint density at radius 3 is 1.36 bits per heavy atom. The van der Waals surface area contributed by atoms with Crippen LogP contribution in [0.25, 0.3) is 0 Å². The fourth-order valence-corrected chi connectivity index (χ4v) is 10.2. The zero-order valence-electron chi connectivity index (χ0n) is 20.4. The van der Waals surface area contributed by atoms with Crippen molar-refractivity contribution in [3.63, 3.8) is 0 Å². The van der Waals surface area contributed by atoms with Gasteiger partial charge in [0.1, 0.15) is 0 Å². The van der Waals surface area contributed by atoms with Gasteiger partial charge < -0.3 is 9.33 Å². The molecule has 0 spiro atoms. The zero-order chi connectivity index (χ0) is 23.7. The SMILES string of the molecule is CC(=O)N1C(C)(C)CC(O[Si](c2ccccc2)(c2ccccc2)c2ccccc2)CC1(C)C. The fourth-order valence-electron chi connectivity index (χ4n) is 6.10. The highest BCUT2D eigenvalue weighted by molar-refractivity contribution is 7.07. The Kier molecular flexibility index (Phi) is 6.34. The van der Waals surface area contributed by atoms with Crippen molar-refractivity contribution in [1.82, 2.24) is 4.90 Å².